The highest BCUT2D eigenvalue weighted by Crippen LogP contribution is 2.15. The summed E-state index contributed by atoms with van der Waals surface area (Å²) in [5.74, 6) is 1.61. The zero-order valence-electron chi connectivity index (χ0n) is 13.3. The molecule has 0 saturated heterocycles. The number of carbonyl (C=O) groups is 1. The molecule has 0 aromatic heterocycles. The molecule has 1 rings (SSSR count). The van der Waals surface area contributed by atoms with Crippen molar-refractivity contribution in [2.45, 2.75) is 11.8 Å². The summed E-state index contributed by atoms with van der Waals surface area (Å²) in [5.41, 5.74) is 0. The fraction of sp³-hybridized carbons (Fsp3) is 0.467. The number of nitrogens with zero attached hydrogens (tertiary/aromatic N) is 2. The number of hydrogen-bond donors (Lipinski definition) is 2. The number of thioether (sulfide) groups is 1. The third-order valence-electron chi connectivity index (χ3n) is 2.62. The van der Waals surface area contributed by atoms with Gasteiger partial charge in [-0.15, -0.1) is 35.7 Å². The molecular formula is C15H25IN4OS. The van der Waals surface area contributed by atoms with Crippen molar-refractivity contribution in [3.63, 3.8) is 0 Å². The molecule has 0 aliphatic rings. The highest BCUT2D eigenvalue weighted by molar-refractivity contribution is 14.0. The predicted molar refractivity (Wildman–Crippen MR) is 105 cm³/mol. The van der Waals surface area contributed by atoms with Crippen molar-refractivity contribution in [3.05, 3.63) is 30.3 Å². The summed E-state index contributed by atoms with van der Waals surface area (Å²) in [5, 5.41) is 6.37. The molecule has 1 aromatic carbocycles. The lowest BCUT2D eigenvalue weighted by molar-refractivity contribution is -0.127. The Morgan fingerprint density at radius 2 is 1.91 bits per heavy atom. The van der Waals surface area contributed by atoms with Gasteiger partial charge < -0.3 is 15.5 Å². The Labute approximate surface area is 154 Å². The first-order chi connectivity index (χ1) is 10.1. The second-order valence-corrected chi connectivity index (χ2v) is 5.74. The van der Waals surface area contributed by atoms with E-state index >= 15 is 0 Å². The number of benzene rings is 1. The van der Waals surface area contributed by atoms with Crippen LogP contribution in [0.1, 0.15) is 6.92 Å². The van der Waals surface area contributed by atoms with Crippen LogP contribution >= 0.6 is 35.7 Å². The first kappa shape index (κ1) is 21.0. The first-order valence-electron chi connectivity index (χ1n) is 7.03. The largest absolute Gasteiger partial charge is 0.357 e. The zero-order chi connectivity index (χ0) is 15.5. The highest BCUT2D eigenvalue weighted by atomic mass is 127. The SMILES string of the molecule is CCNC(=NCC(=O)N(C)C)NCCSc1ccccc1.I. The molecule has 0 aliphatic heterocycles. The lowest BCUT2D eigenvalue weighted by Crippen LogP contribution is -2.39. The molecule has 0 unspecified atom stereocenters. The quantitative estimate of drug-likeness (QED) is 0.226. The Bertz CT molecular complexity index is 454. The Kier molecular flexibility index (Phi) is 12.0. The average molecular weight is 436 g/mol. The molecule has 2 N–H and O–H groups in total. The Morgan fingerprint density at radius 3 is 2.50 bits per heavy atom. The van der Waals surface area contributed by atoms with Crippen LogP contribution in [0.15, 0.2) is 40.2 Å². The van der Waals surface area contributed by atoms with Crippen LogP contribution in [0.2, 0.25) is 0 Å². The molecule has 22 heavy (non-hydrogen) atoms. The summed E-state index contributed by atoms with van der Waals surface area (Å²) in [6.45, 7) is 3.73. The molecule has 0 fully saturated rings. The van der Waals surface area contributed by atoms with Crippen LogP contribution in [-0.4, -0.2) is 56.2 Å². The normalized spacial score (nSPS) is 10.6. The maximum absolute atomic E-state index is 11.5. The summed E-state index contributed by atoms with van der Waals surface area (Å²) in [7, 11) is 3.46. The van der Waals surface area contributed by atoms with Crippen molar-refractivity contribution >= 4 is 47.6 Å². The number of rotatable bonds is 7. The lowest BCUT2D eigenvalue weighted by Gasteiger charge is -2.12. The van der Waals surface area contributed by atoms with E-state index in [1.807, 2.05) is 25.1 Å². The van der Waals surface area contributed by atoms with Crippen LogP contribution in [0.3, 0.4) is 0 Å². The van der Waals surface area contributed by atoms with E-state index in [-0.39, 0.29) is 36.4 Å². The van der Waals surface area contributed by atoms with E-state index in [4.69, 9.17) is 0 Å². The molecule has 0 heterocycles. The van der Waals surface area contributed by atoms with Gasteiger partial charge >= 0.3 is 0 Å². The molecule has 124 valence electrons. The van der Waals surface area contributed by atoms with Gasteiger partial charge in [0.2, 0.25) is 5.91 Å². The predicted octanol–water partition coefficient (Wildman–Crippen LogP) is 2.04. The number of aliphatic imine (C=N–C) groups is 1. The van der Waals surface area contributed by atoms with Crippen LogP contribution in [0.25, 0.3) is 0 Å². The van der Waals surface area contributed by atoms with Crippen molar-refractivity contribution in [1.29, 1.82) is 0 Å². The van der Waals surface area contributed by atoms with Crippen molar-refractivity contribution in [2.75, 3.05) is 39.5 Å². The van der Waals surface area contributed by atoms with Gasteiger partial charge in [-0.05, 0) is 19.1 Å². The molecule has 7 heteroatoms. The third-order valence-corrected chi connectivity index (χ3v) is 3.64. The van der Waals surface area contributed by atoms with Gasteiger partial charge in [-0.3, -0.25) is 4.79 Å². The molecule has 0 saturated carbocycles. The number of nitrogens with one attached hydrogen (secondary N) is 2. The van der Waals surface area contributed by atoms with E-state index in [2.05, 4.69) is 27.8 Å². The van der Waals surface area contributed by atoms with E-state index in [0.29, 0.717) is 5.96 Å². The summed E-state index contributed by atoms with van der Waals surface area (Å²) < 4.78 is 0. The minimum Gasteiger partial charge on any atom is -0.357 e. The summed E-state index contributed by atoms with van der Waals surface area (Å²) in [6, 6.07) is 10.3. The Balaban J connectivity index is 0.00000441. The van der Waals surface area contributed by atoms with Gasteiger partial charge in [-0.2, -0.15) is 0 Å². The number of halogens is 1. The molecule has 0 aliphatic carbocycles. The second kappa shape index (κ2) is 12.6. The van der Waals surface area contributed by atoms with Gasteiger partial charge in [0.25, 0.3) is 0 Å². The fourth-order valence-electron chi connectivity index (χ4n) is 1.48. The molecule has 0 radical (unpaired) electrons. The Morgan fingerprint density at radius 1 is 1.23 bits per heavy atom. The molecule has 0 atom stereocenters. The van der Waals surface area contributed by atoms with Gasteiger partial charge in [0, 0.05) is 37.8 Å². The van der Waals surface area contributed by atoms with Crippen molar-refractivity contribution < 1.29 is 4.79 Å². The van der Waals surface area contributed by atoms with Gasteiger partial charge in [-0.25, -0.2) is 4.99 Å². The van der Waals surface area contributed by atoms with Crippen molar-refractivity contribution in [1.82, 2.24) is 15.5 Å². The maximum atomic E-state index is 11.5. The van der Waals surface area contributed by atoms with Gasteiger partial charge in [0.05, 0.1) is 0 Å². The third kappa shape index (κ3) is 9.14. The van der Waals surface area contributed by atoms with Crippen molar-refractivity contribution in [3.8, 4) is 0 Å². The van der Waals surface area contributed by atoms with Crippen molar-refractivity contribution in [2.24, 2.45) is 4.99 Å². The van der Waals surface area contributed by atoms with Crippen LogP contribution < -0.4 is 10.6 Å². The standard InChI is InChI=1S/C15H24N4OS.HI/c1-4-16-15(18-12-14(20)19(2)3)17-10-11-21-13-8-6-5-7-9-13;/h5-9H,4,10-12H2,1-3H3,(H2,16,17,18);1H. The molecule has 1 amide bonds. The van der Waals surface area contributed by atoms with E-state index in [0.717, 1.165) is 18.8 Å². The average Bonchev–Trinajstić information content (AvgIpc) is 2.49. The molecule has 1 aromatic rings. The fourth-order valence-corrected chi connectivity index (χ4v) is 2.27. The van der Waals surface area contributed by atoms with E-state index in [9.17, 15) is 4.79 Å². The number of hydrogen-bond acceptors (Lipinski definition) is 3. The van der Waals surface area contributed by atoms with Crippen LogP contribution in [-0.2, 0) is 4.79 Å². The highest BCUT2D eigenvalue weighted by Gasteiger charge is 2.03. The molecular weight excluding hydrogens is 411 g/mol. The zero-order valence-corrected chi connectivity index (χ0v) is 16.5. The Hall–Kier alpha value is -0.960. The van der Waals surface area contributed by atoms with Crippen LogP contribution in [0.4, 0.5) is 0 Å². The topological polar surface area (TPSA) is 56.7 Å². The minimum atomic E-state index is -0.00846. The van der Waals surface area contributed by atoms with E-state index in [1.165, 1.54) is 4.90 Å². The van der Waals surface area contributed by atoms with Crippen LogP contribution in [0.5, 0.6) is 0 Å². The molecule has 5 nitrogen and oxygen atoms in total. The number of likely N-dealkylation sites (N-methyl/N-ethyl adjacent to an activating group) is 1. The summed E-state index contributed by atoms with van der Waals surface area (Å²) in [4.78, 5) is 18.6. The number of guanidine groups is 1. The van der Waals surface area contributed by atoms with Gasteiger partial charge in [0.15, 0.2) is 5.96 Å². The van der Waals surface area contributed by atoms with Gasteiger partial charge in [-0.1, -0.05) is 18.2 Å². The second-order valence-electron chi connectivity index (χ2n) is 4.57. The maximum Gasteiger partial charge on any atom is 0.243 e. The van der Waals surface area contributed by atoms with Gasteiger partial charge in [0.1, 0.15) is 6.54 Å². The molecule has 0 spiro atoms. The summed E-state index contributed by atoms with van der Waals surface area (Å²) in [6.07, 6.45) is 0. The number of amides is 1. The van der Waals surface area contributed by atoms with E-state index in [1.54, 1.807) is 30.8 Å². The smallest absolute Gasteiger partial charge is 0.243 e. The lowest BCUT2D eigenvalue weighted by atomic mass is 10.4. The van der Waals surface area contributed by atoms with Crippen LogP contribution in [0, 0.1) is 0 Å². The number of carbonyl (C=O) groups excluding carboxylic acids is 1. The monoisotopic (exact) mass is 436 g/mol. The van der Waals surface area contributed by atoms with E-state index < -0.39 is 0 Å². The minimum absolute atomic E-state index is 0. The molecule has 0 bridgehead atoms. The first-order valence-corrected chi connectivity index (χ1v) is 8.02. The summed E-state index contributed by atoms with van der Waals surface area (Å²) >= 11 is 1.79.